The van der Waals surface area contributed by atoms with Gasteiger partial charge in [0.25, 0.3) is 11.6 Å². The Morgan fingerprint density at radius 1 is 1.14 bits per heavy atom. The van der Waals surface area contributed by atoms with Crippen molar-refractivity contribution >= 4 is 17.5 Å². The molecule has 1 saturated carbocycles. The van der Waals surface area contributed by atoms with Gasteiger partial charge in [-0.05, 0) is 25.0 Å². The number of nitrogens with zero attached hydrogens (tertiary/aromatic N) is 1. The molecule has 7 heteroatoms. The van der Waals surface area contributed by atoms with Crippen molar-refractivity contribution in [3.63, 3.8) is 0 Å². The molecule has 1 fully saturated rings. The van der Waals surface area contributed by atoms with Gasteiger partial charge in [0.1, 0.15) is 0 Å². The number of nitro benzene ring substituents is 1. The molecule has 0 bridgehead atoms. The number of carbonyl (C=O) groups is 2. The summed E-state index contributed by atoms with van der Waals surface area (Å²) in [6.07, 6.45) is 4.28. The predicted molar refractivity (Wildman–Crippen MR) is 80.1 cm³/mol. The van der Waals surface area contributed by atoms with Gasteiger partial charge in [0.2, 0.25) is 5.91 Å². The van der Waals surface area contributed by atoms with Gasteiger partial charge in [-0.15, -0.1) is 0 Å². The number of amides is 2. The summed E-state index contributed by atoms with van der Waals surface area (Å²) < 4.78 is 0. The van der Waals surface area contributed by atoms with E-state index >= 15 is 0 Å². The molecule has 2 atom stereocenters. The van der Waals surface area contributed by atoms with E-state index in [4.69, 9.17) is 5.73 Å². The third-order valence-corrected chi connectivity index (χ3v) is 4.04. The molecule has 0 radical (unpaired) electrons. The van der Waals surface area contributed by atoms with E-state index in [0.29, 0.717) is 18.4 Å². The maximum absolute atomic E-state index is 12.2. The van der Waals surface area contributed by atoms with E-state index in [1.54, 1.807) is 0 Å². The van der Waals surface area contributed by atoms with Crippen molar-refractivity contribution < 1.29 is 14.5 Å². The first kappa shape index (κ1) is 15.9. The van der Waals surface area contributed by atoms with Crippen LogP contribution < -0.4 is 11.1 Å². The Balaban J connectivity index is 2.08. The topological polar surface area (TPSA) is 115 Å². The molecule has 0 aliphatic heterocycles. The second kappa shape index (κ2) is 7.02. The normalized spacial score (nSPS) is 21.6. The minimum absolute atomic E-state index is 0.0685. The Morgan fingerprint density at radius 3 is 2.36 bits per heavy atom. The lowest BCUT2D eigenvalue weighted by Crippen LogP contribution is -2.44. The van der Waals surface area contributed by atoms with Gasteiger partial charge in [-0.25, -0.2) is 0 Å². The molecule has 2 rings (SSSR count). The van der Waals surface area contributed by atoms with Crippen LogP contribution in [-0.2, 0) is 4.79 Å². The number of rotatable bonds is 4. The highest BCUT2D eigenvalue weighted by molar-refractivity contribution is 5.95. The number of nitrogens with two attached hydrogens (primary N) is 1. The van der Waals surface area contributed by atoms with Crippen molar-refractivity contribution in [3.05, 3.63) is 39.9 Å². The van der Waals surface area contributed by atoms with Gasteiger partial charge in [-0.2, -0.15) is 0 Å². The molecule has 1 aliphatic rings. The zero-order chi connectivity index (χ0) is 16.1. The Kier molecular flexibility index (Phi) is 5.08. The van der Waals surface area contributed by atoms with Crippen LogP contribution in [0.2, 0.25) is 0 Å². The van der Waals surface area contributed by atoms with Crippen molar-refractivity contribution in [1.82, 2.24) is 5.32 Å². The molecular weight excluding hydrogens is 286 g/mol. The lowest BCUT2D eigenvalue weighted by atomic mass is 9.94. The van der Waals surface area contributed by atoms with Crippen LogP contribution in [0.25, 0.3) is 0 Å². The summed E-state index contributed by atoms with van der Waals surface area (Å²) in [5.74, 6) is -1.09. The average molecular weight is 305 g/mol. The molecular formula is C15H19N3O4. The molecule has 0 saturated heterocycles. The number of nitrogens with one attached hydrogen (secondary N) is 1. The molecule has 0 aromatic heterocycles. The monoisotopic (exact) mass is 305 g/mol. The number of carbonyl (C=O) groups excluding carboxylic acids is 2. The van der Waals surface area contributed by atoms with Crippen molar-refractivity contribution in [2.45, 2.75) is 38.1 Å². The fourth-order valence-electron chi connectivity index (χ4n) is 2.81. The molecule has 1 aliphatic carbocycles. The van der Waals surface area contributed by atoms with Gasteiger partial charge in [0.15, 0.2) is 0 Å². The summed E-state index contributed by atoms with van der Waals surface area (Å²) in [6, 6.07) is 5.11. The highest BCUT2D eigenvalue weighted by atomic mass is 16.6. The van der Waals surface area contributed by atoms with E-state index in [-0.39, 0.29) is 23.6 Å². The van der Waals surface area contributed by atoms with E-state index in [1.807, 2.05) is 0 Å². The fraction of sp³-hybridized carbons (Fsp3) is 0.467. The van der Waals surface area contributed by atoms with Crippen LogP contribution >= 0.6 is 0 Å². The molecule has 0 heterocycles. The maximum atomic E-state index is 12.2. The molecule has 2 amide bonds. The summed E-state index contributed by atoms with van der Waals surface area (Å²) in [7, 11) is 0. The van der Waals surface area contributed by atoms with Gasteiger partial charge < -0.3 is 11.1 Å². The van der Waals surface area contributed by atoms with Crippen LogP contribution in [-0.4, -0.2) is 22.8 Å². The van der Waals surface area contributed by atoms with E-state index in [0.717, 1.165) is 19.3 Å². The molecule has 118 valence electrons. The number of hydrogen-bond donors (Lipinski definition) is 2. The Labute approximate surface area is 128 Å². The summed E-state index contributed by atoms with van der Waals surface area (Å²) in [5.41, 5.74) is 5.69. The van der Waals surface area contributed by atoms with Crippen molar-refractivity contribution in [2.24, 2.45) is 11.7 Å². The van der Waals surface area contributed by atoms with Crippen LogP contribution in [0.1, 0.15) is 42.5 Å². The van der Waals surface area contributed by atoms with Crippen LogP contribution in [0, 0.1) is 16.0 Å². The van der Waals surface area contributed by atoms with Crippen LogP contribution in [0.4, 0.5) is 5.69 Å². The minimum Gasteiger partial charge on any atom is -0.369 e. The van der Waals surface area contributed by atoms with Gasteiger partial charge in [-0.3, -0.25) is 19.7 Å². The minimum atomic E-state index is -0.518. The summed E-state index contributed by atoms with van der Waals surface area (Å²) in [4.78, 5) is 33.9. The third-order valence-electron chi connectivity index (χ3n) is 4.04. The quantitative estimate of drug-likeness (QED) is 0.501. The highest BCUT2D eigenvalue weighted by Crippen LogP contribution is 2.24. The predicted octanol–water partition coefficient (Wildman–Crippen LogP) is 1.76. The van der Waals surface area contributed by atoms with E-state index in [9.17, 15) is 19.7 Å². The summed E-state index contributed by atoms with van der Waals surface area (Å²) >= 11 is 0. The molecule has 1 aromatic rings. The Morgan fingerprint density at radius 2 is 1.77 bits per heavy atom. The fourth-order valence-corrected chi connectivity index (χ4v) is 2.81. The van der Waals surface area contributed by atoms with Crippen molar-refractivity contribution in [2.75, 3.05) is 0 Å². The Hall–Kier alpha value is -2.44. The second-order valence-electron chi connectivity index (χ2n) is 5.53. The van der Waals surface area contributed by atoms with Gasteiger partial charge >= 0.3 is 0 Å². The maximum Gasteiger partial charge on any atom is 0.269 e. The Bertz CT molecular complexity index is 571. The SMILES string of the molecule is NC(=O)[C@@H]1CCCCC[C@@H]1NC(=O)c1ccc([N+](=O)[O-])cc1. The molecule has 0 unspecified atom stereocenters. The summed E-state index contributed by atoms with van der Waals surface area (Å²) in [6.45, 7) is 0. The zero-order valence-electron chi connectivity index (χ0n) is 12.2. The van der Waals surface area contributed by atoms with Crippen molar-refractivity contribution in [3.8, 4) is 0 Å². The number of hydrogen-bond acceptors (Lipinski definition) is 4. The molecule has 1 aromatic carbocycles. The number of nitro groups is 1. The number of benzene rings is 1. The standard InChI is InChI=1S/C15H19N3O4/c16-14(19)12-4-2-1-3-5-13(12)17-15(20)10-6-8-11(9-7-10)18(21)22/h6-9,12-13H,1-5H2,(H2,16,19)(H,17,20)/t12-,13+/m1/s1. The average Bonchev–Trinajstić information content (AvgIpc) is 2.72. The van der Waals surface area contributed by atoms with Crippen molar-refractivity contribution in [1.29, 1.82) is 0 Å². The summed E-state index contributed by atoms with van der Waals surface area (Å²) in [5, 5.41) is 13.5. The third kappa shape index (κ3) is 3.81. The second-order valence-corrected chi connectivity index (χ2v) is 5.53. The first-order valence-electron chi connectivity index (χ1n) is 7.33. The lowest BCUT2D eigenvalue weighted by Gasteiger charge is -2.23. The molecule has 3 N–H and O–H groups in total. The smallest absolute Gasteiger partial charge is 0.269 e. The molecule has 0 spiro atoms. The first-order chi connectivity index (χ1) is 10.5. The van der Waals surface area contributed by atoms with E-state index in [1.165, 1.54) is 24.3 Å². The van der Waals surface area contributed by atoms with Crippen LogP contribution in [0.3, 0.4) is 0 Å². The highest BCUT2D eigenvalue weighted by Gasteiger charge is 2.29. The van der Waals surface area contributed by atoms with Crippen LogP contribution in [0.5, 0.6) is 0 Å². The van der Waals surface area contributed by atoms with Gasteiger partial charge in [-0.1, -0.05) is 19.3 Å². The van der Waals surface area contributed by atoms with E-state index < -0.39 is 10.8 Å². The molecule has 22 heavy (non-hydrogen) atoms. The molecule has 7 nitrogen and oxygen atoms in total. The number of non-ortho nitro benzene ring substituents is 1. The zero-order valence-corrected chi connectivity index (χ0v) is 12.2. The largest absolute Gasteiger partial charge is 0.369 e. The van der Waals surface area contributed by atoms with Gasteiger partial charge in [0, 0.05) is 23.7 Å². The van der Waals surface area contributed by atoms with Crippen LogP contribution in [0.15, 0.2) is 24.3 Å². The van der Waals surface area contributed by atoms with Gasteiger partial charge in [0.05, 0.1) is 10.8 Å². The van der Waals surface area contributed by atoms with E-state index in [2.05, 4.69) is 5.32 Å². The number of primary amides is 1. The lowest BCUT2D eigenvalue weighted by molar-refractivity contribution is -0.384. The first-order valence-corrected chi connectivity index (χ1v) is 7.33.